The van der Waals surface area contributed by atoms with Gasteiger partial charge >= 0.3 is 11.8 Å². The summed E-state index contributed by atoms with van der Waals surface area (Å²) in [4.78, 5) is 28.9. The Morgan fingerprint density at radius 2 is 1.50 bits per heavy atom. The van der Waals surface area contributed by atoms with Gasteiger partial charge < -0.3 is 25.2 Å². The van der Waals surface area contributed by atoms with Crippen molar-refractivity contribution in [1.82, 2.24) is 4.90 Å². The maximum absolute atomic E-state index is 12.2. The van der Waals surface area contributed by atoms with Crippen molar-refractivity contribution in [2.45, 2.75) is 0 Å². The third kappa shape index (κ3) is 4.94. The van der Waals surface area contributed by atoms with Gasteiger partial charge in [-0.3, -0.25) is 9.59 Å². The monoisotopic (exact) mass is 402 g/mol. The second-order valence-corrected chi connectivity index (χ2v) is 7.00. The van der Waals surface area contributed by atoms with E-state index in [0.29, 0.717) is 22.1 Å². The van der Waals surface area contributed by atoms with Gasteiger partial charge in [0.15, 0.2) is 0 Å². The molecule has 0 bridgehead atoms. The van der Waals surface area contributed by atoms with Crippen LogP contribution in [-0.4, -0.2) is 57.1 Å². The SMILES string of the molecule is COc1ccc(NC(=O)C(=O)Nc2ccc(N3CCN(C)CC3)cc2)cc1Cl. The van der Waals surface area contributed by atoms with Crippen LogP contribution in [0.2, 0.25) is 5.02 Å². The van der Waals surface area contributed by atoms with Crippen molar-refractivity contribution in [2.75, 3.05) is 55.9 Å². The number of carbonyl (C=O) groups is 2. The van der Waals surface area contributed by atoms with Crippen molar-refractivity contribution in [3.05, 3.63) is 47.5 Å². The Balaban J connectivity index is 1.56. The number of piperazine rings is 1. The minimum atomic E-state index is -0.774. The lowest BCUT2D eigenvalue weighted by Gasteiger charge is -2.34. The van der Waals surface area contributed by atoms with Crippen LogP contribution in [0.1, 0.15) is 0 Å². The number of halogens is 1. The van der Waals surface area contributed by atoms with Crippen molar-refractivity contribution >= 4 is 40.5 Å². The second kappa shape index (κ2) is 8.95. The van der Waals surface area contributed by atoms with Crippen LogP contribution in [0.5, 0.6) is 5.75 Å². The van der Waals surface area contributed by atoms with E-state index in [1.54, 1.807) is 24.3 Å². The fourth-order valence-corrected chi connectivity index (χ4v) is 3.20. The third-order valence-electron chi connectivity index (χ3n) is 4.61. The number of nitrogens with one attached hydrogen (secondary N) is 2. The molecule has 2 aromatic rings. The molecule has 0 aromatic heterocycles. The summed E-state index contributed by atoms with van der Waals surface area (Å²) < 4.78 is 5.06. The molecule has 0 unspecified atom stereocenters. The van der Waals surface area contributed by atoms with Gasteiger partial charge in [0, 0.05) is 43.2 Å². The molecule has 2 N–H and O–H groups in total. The van der Waals surface area contributed by atoms with Gasteiger partial charge in [0.2, 0.25) is 0 Å². The number of rotatable bonds is 4. The van der Waals surface area contributed by atoms with E-state index in [1.807, 2.05) is 12.1 Å². The Hall–Kier alpha value is -2.77. The van der Waals surface area contributed by atoms with Crippen LogP contribution in [0.4, 0.5) is 17.1 Å². The van der Waals surface area contributed by atoms with E-state index in [9.17, 15) is 9.59 Å². The fourth-order valence-electron chi connectivity index (χ4n) is 2.94. The van der Waals surface area contributed by atoms with E-state index in [1.165, 1.54) is 13.2 Å². The van der Waals surface area contributed by atoms with Crippen molar-refractivity contribution in [3.63, 3.8) is 0 Å². The molecule has 8 heteroatoms. The predicted molar refractivity (Wildman–Crippen MR) is 111 cm³/mol. The van der Waals surface area contributed by atoms with Gasteiger partial charge in [0.25, 0.3) is 0 Å². The summed E-state index contributed by atoms with van der Waals surface area (Å²) in [7, 11) is 3.61. The van der Waals surface area contributed by atoms with E-state index in [4.69, 9.17) is 16.3 Å². The molecule has 0 atom stereocenters. The van der Waals surface area contributed by atoms with Crippen LogP contribution >= 0.6 is 11.6 Å². The fraction of sp³-hybridized carbons (Fsp3) is 0.300. The van der Waals surface area contributed by atoms with Crippen molar-refractivity contribution in [1.29, 1.82) is 0 Å². The molecular formula is C20H23ClN4O3. The van der Waals surface area contributed by atoms with E-state index in [-0.39, 0.29) is 0 Å². The van der Waals surface area contributed by atoms with E-state index >= 15 is 0 Å². The topological polar surface area (TPSA) is 73.9 Å². The van der Waals surface area contributed by atoms with Crippen LogP contribution in [0.25, 0.3) is 0 Å². The molecule has 0 saturated carbocycles. The highest BCUT2D eigenvalue weighted by atomic mass is 35.5. The average molecular weight is 403 g/mol. The summed E-state index contributed by atoms with van der Waals surface area (Å²) in [5, 5.41) is 5.47. The Morgan fingerprint density at radius 1 is 0.929 bits per heavy atom. The van der Waals surface area contributed by atoms with Crippen LogP contribution in [-0.2, 0) is 9.59 Å². The molecule has 7 nitrogen and oxygen atoms in total. The number of hydrogen-bond acceptors (Lipinski definition) is 5. The summed E-state index contributed by atoms with van der Waals surface area (Å²) >= 11 is 6.03. The van der Waals surface area contributed by atoms with E-state index < -0.39 is 11.8 Å². The molecule has 0 spiro atoms. The maximum atomic E-state index is 12.2. The molecule has 1 aliphatic heterocycles. The molecule has 1 aliphatic rings. The first-order valence-electron chi connectivity index (χ1n) is 8.95. The maximum Gasteiger partial charge on any atom is 0.314 e. The third-order valence-corrected chi connectivity index (χ3v) is 4.90. The quantitative estimate of drug-likeness (QED) is 0.769. The van der Waals surface area contributed by atoms with Gasteiger partial charge in [-0.15, -0.1) is 0 Å². The summed E-state index contributed by atoms with van der Waals surface area (Å²) in [6, 6.07) is 12.2. The summed E-state index contributed by atoms with van der Waals surface area (Å²) in [5.74, 6) is -1.03. The molecule has 2 aromatic carbocycles. The number of likely N-dealkylation sites (N-methyl/N-ethyl adjacent to an activating group) is 1. The van der Waals surface area contributed by atoms with Gasteiger partial charge in [-0.1, -0.05) is 11.6 Å². The van der Waals surface area contributed by atoms with Gasteiger partial charge in [0.1, 0.15) is 5.75 Å². The predicted octanol–water partition coefficient (Wildman–Crippen LogP) is 2.68. The zero-order chi connectivity index (χ0) is 20.1. The highest BCUT2D eigenvalue weighted by molar-refractivity contribution is 6.43. The molecule has 2 amide bonds. The molecule has 1 saturated heterocycles. The van der Waals surface area contributed by atoms with Crippen molar-refractivity contribution in [2.24, 2.45) is 0 Å². The lowest BCUT2D eigenvalue weighted by molar-refractivity contribution is -0.132. The molecular weight excluding hydrogens is 380 g/mol. The Labute approximate surface area is 169 Å². The summed E-state index contributed by atoms with van der Waals surface area (Å²) in [5.41, 5.74) is 2.07. The number of ether oxygens (including phenoxy) is 1. The van der Waals surface area contributed by atoms with Crippen molar-refractivity contribution in [3.8, 4) is 5.75 Å². The van der Waals surface area contributed by atoms with E-state index in [2.05, 4.69) is 27.5 Å². The smallest absolute Gasteiger partial charge is 0.314 e. The normalized spacial score (nSPS) is 14.5. The molecule has 148 valence electrons. The Morgan fingerprint density at radius 3 is 2.07 bits per heavy atom. The van der Waals surface area contributed by atoms with Gasteiger partial charge in [0.05, 0.1) is 12.1 Å². The number of amides is 2. The molecule has 1 heterocycles. The zero-order valence-electron chi connectivity index (χ0n) is 15.9. The first-order valence-corrected chi connectivity index (χ1v) is 9.33. The Bertz CT molecular complexity index is 849. The minimum absolute atomic E-state index is 0.347. The first-order chi connectivity index (χ1) is 13.5. The minimum Gasteiger partial charge on any atom is -0.495 e. The number of anilines is 3. The number of methoxy groups -OCH3 is 1. The standard InChI is InChI=1S/C20H23ClN4O3/c1-24-9-11-25(12-10-24)16-6-3-14(4-7-16)22-19(26)20(27)23-15-5-8-18(28-2)17(21)13-15/h3-8,13H,9-12H2,1-2H3,(H,22,26)(H,23,27). The number of nitrogens with zero attached hydrogens (tertiary/aromatic N) is 2. The lowest BCUT2D eigenvalue weighted by Crippen LogP contribution is -2.44. The van der Waals surface area contributed by atoms with Gasteiger partial charge in [-0.05, 0) is 49.5 Å². The van der Waals surface area contributed by atoms with Gasteiger partial charge in [-0.25, -0.2) is 0 Å². The second-order valence-electron chi connectivity index (χ2n) is 6.59. The highest BCUT2D eigenvalue weighted by Gasteiger charge is 2.16. The molecule has 0 radical (unpaired) electrons. The molecule has 28 heavy (non-hydrogen) atoms. The summed E-state index contributed by atoms with van der Waals surface area (Å²) in [6.45, 7) is 3.98. The first kappa shape index (κ1) is 20.0. The number of benzene rings is 2. The zero-order valence-corrected chi connectivity index (χ0v) is 16.6. The lowest BCUT2D eigenvalue weighted by atomic mass is 10.2. The van der Waals surface area contributed by atoms with Crippen LogP contribution in [0.15, 0.2) is 42.5 Å². The van der Waals surface area contributed by atoms with Crippen molar-refractivity contribution < 1.29 is 14.3 Å². The van der Waals surface area contributed by atoms with Crippen LogP contribution in [0.3, 0.4) is 0 Å². The van der Waals surface area contributed by atoms with Crippen LogP contribution < -0.4 is 20.3 Å². The summed E-state index contributed by atoms with van der Waals surface area (Å²) in [6.07, 6.45) is 0. The average Bonchev–Trinajstić information content (AvgIpc) is 2.69. The van der Waals surface area contributed by atoms with Gasteiger partial charge in [-0.2, -0.15) is 0 Å². The largest absolute Gasteiger partial charge is 0.495 e. The number of carbonyl (C=O) groups excluding carboxylic acids is 2. The molecule has 0 aliphatic carbocycles. The molecule has 3 rings (SSSR count). The van der Waals surface area contributed by atoms with E-state index in [0.717, 1.165) is 31.9 Å². The molecule has 1 fully saturated rings. The van der Waals surface area contributed by atoms with Crippen LogP contribution in [0, 0.1) is 0 Å². The Kier molecular flexibility index (Phi) is 6.38. The highest BCUT2D eigenvalue weighted by Crippen LogP contribution is 2.27. The number of hydrogen-bond donors (Lipinski definition) is 2.